The second-order valence-electron chi connectivity index (χ2n) is 6.30. The first kappa shape index (κ1) is 15.0. The zero-order valence-corrected chi connectivity index (χ0v) is 13.3. The Morgan fingerprint density at radius 2 is 2.17 bits per heavy atom. The molecule has 0 spiro atoms. The molecule has 5 nitrogen and oxygen atoms in total. The van der Waals surface area contributed by atoms with Crippen LogP contribution in [0.15, 0.2) is 30.9 Å². The number of rotatable bonds is 5. The fourth-order valence-electron chi connectivity index (χ4n) is 3.83. The van der Waals surface area contributed by atoms with Gasteiger partial charge in [-0.05, 0) is 30.5 Å². The number of benzene rings is 1. The number of fused-ring (bicyclic) bond motifs is 3. The molecule has 2 bridgehead atoms. The maximum absolute atomic E-state index is 6.01. The average Bonchev–Trinajstić information content (AvgIpc) is 3.12. The van der Waals surface area contributed by atoms with Crippen molar-refractivity contribution in [1.82, 2.24) is 4.90 Å². The first-order chi connectivity index (χ1) is 11.3. The van der Waals surface area contributed by atoms with E-state index in [1.165, 1.54) is 5.56 Å². The van der Waals surface area contributed by atoms with Gasteiger partial charge in [0.05, 0.1) is 25.4 Å². The molecule has 0 amide bonds. The van der Waals surface area contributed by atoms with E-state index in [1.807, 2.05) is 12.1 Å². The molecule has 3 aliphatic rings. The van der Waals surface area contributed by atoms with Gasteiger partial charge in [0.1, 0.15) is 0 Å². The van der Waals surface area contributed by atoms with Crippen molar-refractivity contribution in [3.05, 3.63) is 36.4 Å². The van der Waals surface area contributed by atoms with Crippen LogP contribution in [0.2, 0.25) is 0 Å². The minimum Gasteiger partial charge on any atom is -0.454 e. The second kappa shape index (κ2) is 6.51. The van der Waals surface area contributed by atoms with Crippen LogP contribution in [0.25, 0.3) is 0 Å². The Labute approximate surface area is 136 Å². The van der Waals surface area contributed by atoms with Gasteiger partial charge in [-0.15, -0.1) is 6.58 Å². The van der Waals surface area contributed by atoms with Crippen molar-refractivity contribution in [2.45, 2.75) is 37.6 Å². The molecular formula is C18H23NO4. The fraction of sp³-hybridized carbons (Fsp3) is 0.556. The van der Waals surface area contributed by atoms with Gasteiger partial charge in [-0.25, -0.2) is 0 Å². The standard InChI is InChI=1S/C18H23NO4/c1-2-8-21-18-14-4-6-16(18)20-9-7-19(14)11-13-3-5-15-17(10-13)23-12-22-15/h2-3,5,10,14,16,18H,1,4,6-9,11-12H2. The zero-order valence-electron chi connectivity index (χ0n) is 13.3. The number of nitrogens with zero attached hydrogens (tertiary/aromatic N) is 1. The number of ether oxygens (including phenoxy) is 4. The van der Waals surface area contributed by atoms with E-state index in [4.69, 9.17) is 18.9 Å². The summed E-state index contributed by atoms with van der Waals surface area (Å²) in [6.07, 6.45) is 4.37. The van der Waals surface area contributed by atoms with Crippen LogP contribution < -0.4 is 9.47 Å². The molecule has 0 radical (unpaired) electrons. The van der Waals surface area contributed by atoms with Crippen molar-refractivity contribution in [2.24, 2.45) is 0 Å². The van der Waals surface area contributed by atoms with Crippen LogP contribution in [-0.2, 0) is 16.0 Å². The molecule has 2 heterocycles. The fourth-order valence-corrected chi connectivity index (χ4v) is 3.83. The van der Waals surface area contributed by atoms with Gasteiger partial charge in [-0.1, -0.05) is 12.1 Å². The summed E-state index contributed by atoms with van der Waals surface area (Å²) in [5.41, 5.74) is 1.24. The highest BCUT2D eigenvalue weighted by molar-refractivity contribution is 5.44. The Bertz CT molecular complexity index is 576. The summed E-state index contributed by atoms with van der Waals surface area (Å²) in [5, 5.41) is 0. The smallest absolute Gasteiger partial charge is 0.231 e. The Morgan fingerprint density at radius 1 is 1.26 bits per heavy atom. The molecule has 4 rings (SSSR count). The second-order valence-corrected chi connectivity index (χ2v) is 6.30. The molecule has 0 aromatic heterocycles. The minimum atomic E-state index is 0.143. The maximum atomic E-state index is 6.01. The highest BCUT2D eigenvalue weighted by atomic mass is 16.7. The molecule has 3 unspecified atom stereocenters. The molecule has 1 aliphatic carbocycles. The van der Waals surface area contributed by atoms with Crippen molar-refractivity contribution >= 4 is 0 Å². The lowest BCUT2D eigenvalue weighted by Gasteiger charge is -2.31. The largest absolute Gasteiger partial charge is 0.454 e. The summed E-state index contributed by atoms with van der Waals surface area (Å²) in [6.45, 7) is 7.23. The third-order valence-electron chi connectivity index (χ3n) is 4.90. The van der Waals surface area contributed by atoms with E-state index in [2.05, 4.69) is 23.6 Å². The molecule has 1 aromatic carbocycles. The SMILES string of the molecule is C=CCOC1C2CCC1N(Cc1ccc3c(c1)OCO3)CCO2. The Morgan fingerprint density at radius 3 is 3.09 bits per heavy atom. The van der Waals surface area contributed by atoms with Crippen molar-refractivity contribution in [1.29, 1.82) is 0 Å². The monoisotopic (exact) mass is 317 g/mol. The lowest BCUT2D eigenvalue weighted by atomic mass is 10.1. The van der Waals surface area contributed by atoms with E-state index in [9.17, 15) is 0 Å². The van der Waals surface area contributed by atoms with Gasteiger partial charge in [0.2, 0.25) is 6.79 Å². The maximum Gasteiger partial charge on any atom is 0.231 e. The Balaban J connectivity index is 1.50. The van der Waals surface area contributed by atoms with Gasteiger partial charge < -0.3 is 18.9 Å². The summed E-state index contributed by atoms with van der Waals surface area (Å²) >= 11 is 0. The molecule has 2 fully saturated rings. The summed E-state index contributed by atoms with van der Waals surface area (Å²) in [5.74, 6) is 1.68. The van der Waals surface area contributed by atoms with Crippen LogP contribution in [0.4, 0.5) is 0 Å². The molecule has 2 aliphatic heterocycles. The third-order valence-corrected chi connectivity index (χ3v) is 4.90. The average molecular weight is 317 g/mol. The zero-order chi connectivity index (χ0) is 15.6. The van der Waals surface area contributed by atoms with E-state index in [0.717, 1.165) is 44.0 Å². The quantitative estimate of drug-likeness (QED) is 0.780. The lowest BCUT2D eigenvalue weighted by Crippen LogP contribution is -2.42. The normalized spacial score (nSPS) is 29.5. The highest BCUT2D eigenvalue weighted by Crippen LogP contribution is 2.35. The molecule has 124 valence electrons. The van der Waals surface area contributed by atoms with Gasteiger partial charge in [-0.2, -0.15) is 0 Å². The minimum absolute atomic E-state index is 0.143. The summed E-state index contributed by atoms with van der Waals surface area (Å²) in [4.78, 5) is 2.48. The number of hydrogen-bond acceptors (Lipinski definition) is 5. The summed E-state index contributed by atoms with van der Waals surface area (Å²) in [7, 11) is 0. The third kappa shape index (κ3) is 2.96. The molecule has 5 heteroatoms. The predicted molar refractivity (Wildman–Crippen MR) is 85.7 cm³/mol. The predicted octanol–water partition coefficient (Wildman–Crippen LogP) is 2.35. The van der Waals surface area contributed by atoms with E-state index >= 15 is 0 Å². The Kier molecular flexibility index (Phi) is 4.25. The van der Waals surface area contributed by atoms with E-state index in [1.54, 1.807) is 0 Å². The first-order valence-corrected chi connectivity index (χ1v) is 8.32. The molecule has 3 atom stereocenters. The van der Waals surface area contributed by atoms with Crippen molar-refractivity contribution in [3.8, 4) is 11.5 Å². The van der Waals surface area contributed by atoms with Crippen molar-refractivity contribution in [2.75, 3.05) is 26.6 Å². The van der Waals surface area contributed by atoms with Gasteiger partial charge in [0, 0.05) is 19.1 Å². The van der Waals surface area contributed by atoms with Crippen LogP contribution in [-0.4, -0.2) is 49.7 Å². The van der Waals surface area contributed by atoms with Crippen molar-refractivity contribution in [3.63, 3.8) is 0 Å². The van der Waals surface area contributed by atoms with Crippen molar-refractivity contribution < 1.29 is 18.9 Å². The van der Waals surface area contributed by atoms with Crippen LogP contribution in [0.5, 0.6) is 11.5 Å². The van der Waals surface area contributed by atoms with Crippen LogP contribution >= 0.6 is 0 Å². The molecule has 1 saturated heterocycles. The number of hydrogen-bond donors (Lipinski definition) is 0. The van der Waals surface area contributed by atoms with Crippen LogP contribution in [0, 0.1) is 0 Å². The molecule has 1 saturated carbocycles. The molecule has 0 N–H and O–H groups in total. The molecule has 23 heavy (non-hydrogen) atoms. The van der Waals surface area contributed by atoms with Gasteiger partial charge >= 0.3 is 0 Å². The van der Waals surface area contributed by atoms with Crippen LogP contribution in [0.1, 0.15) is 18.4 Å². The lowest BCUT2D eigenvalue weighted by molar-refractivity contribution is -0.0447. The van der Waals surface area contributed by atoms with E-state index in [0.29, 0.717) is 19.4 Å². The van der Waals surface area contributed by atoms with Crippen LogP contribution in [0.3, 0.4) is 0 Å². The molecule has 1 aromatic rings. The van der Waals surface area contributed by atoms with Gasteiger partial charge in [0.15, 0.2) is 11.5 Å². The van der Waals surface area contributed by atoms with E-state index in [-0.39, 0.29) is 12.2 Å². The summed E-state index contributed by atoms with van der Waals surface area (Å²) < 4.78 is 22.9. The molecular weight excluding hydrogens is 294 g/mol. The van der Waals surface area contributed by atoms with Gasteiger partial charge in [-0.3, -0.25) is 4.90 Å². The first-order valence-electron chi connectivity index (χ1n) is 8.32. The van der Waals surface area contributed by atoms with E-state index < -0.39 is 0 Å². The highest BCUT2D eigenvalue weighted by Gasteiger charge is 2.42. The topological polar surface area (TPSA) is 40.2 Å². The van der Waals surface area contributed by atoms with Gasteiger partial charge in [0.25, 0.3) is 0 Å². The Hall–Kier alpha value is -1.56. The summed E-state index contributed by atoms with van der Waals surface area (Å²) in [6, 6.07) is 6.61.